The largest absolute Gasteiger partial charge is 0.467 e. The van der Waals surface area contributed by atoms with E-state index < -0.39 is 21.7 Å². The molecule has 0 bridgehead atoms. The summed E-state index contributed by atoms with van der Waals surface area (Å²) in [6.07, 6.45) is 2.01. The van der Waals surface area contributed by atoms with Crippen molar-refractivity contribution in [1.29, 1.82) is 0 Å². The Kier molecular flexibility index (Phi) is 4.73. The molecule has 0 unspecified atom stereocenters. The molecule has 8 nitrogen and oxygen atoms in total. The molecule has 0 saturated carbocycles. The maximum Gasteiger partial charge on any atom is 0.419 e. The average molecular weight is 378 g/mol. The molecular formula is C17H18N2O6S. The number of aryl methyl sites for hydroxylation is 1. The molecule has 0 aliphatic rings. The molecule has 0 atom stereocenters. The van der Waals surface area contributed by atoms with Crippen molar-refractivity contribution in [2.45, 2.75) is 31.2 Å². The van der Waals surface area contributed by atoms with Gasteiger partial charge in [0.1, 0.15) is 5.76 Å². The van der Waals surface area contributed by atoms with Crippen molar-refractivity contribution in [2.75, 3.05) is 0 Å². The number of hydrogen-bond donors (Lipinski definition) is 0. The first-order valence-corrected chi connectivity index (χ1v) is 9.46. The number of oxazole rings is 1. The van der Waals surface area contributed by atoms with Gasteiger partial charge in [-0.25, -0.2) is 17.5 Å². The van der Waals surface area contributed by atoms with Gasteiger partial charge in [-0.1, -0.05) is 6.92 Å². The molecule has 9 heteroatoms. The number of fused-ring (bicyclic) bond motifs is 1. The molecule has 1 aromatic carbocycles. The molecule has 0 aliphatic heterocycles. The van der Waals surface area contributed by atoms with Crippen LogP contribution in [0.5, 0.6) is 0 Å². The van der Waals surface area contributed by atoms with E-state index in [0.29, 0.717) is 17.7 Å². The Morgan fingerprint density at radius 1 is 1.27 bits per heavy atom. The number of carbonyl (C=O) groups excluding carboxylic acids is 1. The molecule has 0 fully saturated rings. The summed E-state index contributed by atoms with van der Waals surface area (Å²) < 4.78 is 38.4. The van der Waals surface area contributed by atoms with Crippen LogP contribution in [0, 0.1) is 0 Å². The van der Waals surface area contributed by atoms with E-state index in [0.717, 1.165) is 4.31 Å². The molecule has 2 heterocycles. The summed E-state index contributed by atoms with van der Waals surface area (Å²) in [4.78, 5) is 23.9. The number of carbonyl (C=O) groups is 1. The Labute approximate surface area is 149 Å². The predicted octanol–water partition coefficient (Wildman–Crippen LogP) is 2.24. The van der Waals surface area contributed by atoms with E-state index in [9.17, 15) is 18.0 Å². The van der Waals surface area contributed by atoms with Crippen LogP contribution in [0.15, 0.2) is 55.1 Å². The quantitative estimate of drug-likeness (QED) is 0.652. The van der Waals surface area contributed by atoms with Crippen LogP contribution < -0.4 is 5.76 Å². The van der Waals surface area contributed by atoms with E-state index in [1.165, 1.54) is 36.1 Å². The van der Waals surface area contributed by atoms with Gasteiger partial charge in [-0.15, -0.1) is 0 Å². The molecule has 0 N–H and O–H groups in total. The third-order valence-electron chi connectivity index (χ3n) is 3.97. The molecule has 3 rings (SSSR count). The van der Waals surface area contributed by atoms with Crippen molar-refractivity contribution in [2.24, 2.45) is 7.05 Å². The van der Waals surface area contributed by atoms with Crippen molar-refractivity contribution in [3.8, 4) is 0 Å². The van der Waals surface area contributed by atoms with Gasteiger partial charge in [0.05, 0.1) is 23.2 Å². The Bertz CT molecular complexity index is 1090. The van der Waals surface area contributed by atoms with Gasteiger partial charge in [0.2, 0.25) is 5.91 Å². The molecular weight excluding hydrogens is 360 g/mol. The van der Waals surface area contributed by atoms with Gasteiger partial charge >= 0.3 is 5.76 Å². The molecule has 3 aromatic rings. The lowest BCUT2D eigenvalue weighted by molar-refractivity contribution is -0.127. The van der Waals surface area contributed by atoms with E-state index in [-0.39, 0.29) is 23.4 Å². The van der Waals surface area contributed by atoms with E-state index in [1.807, 2.05) is 0 Å². The van der Waals surface area contributed by atoms with Gasteiger partial charge in [0.25, 0.3) is 10.0 Å². The highest BCUT2D eigenvalue weighted by Gasteiger charge is 2.30. The molecule has 0 spiro atoms. The highest BCUT2D eigenvalue weighted by molar-refractivity contribution is 7.89. The Morgan fingerprint density at radius 2 is 2.04 bits per heavy atom. The summed E-state index contributed by atoms with van der Waals surface area (Å²) in [5.41, 5.74) is 0.603. The van der Waals surface area contributed by atoms with Crippen molar-refractivity contribution < 1.29 is 22.0 Å². The smallest absolute Gasteiger partial charge is 0.419 e. The Morgan fingerprint density at radius 3 is 2.69 bits per heavy atom. The molecule has 138 valence electrons. The number of rotatable bonds is 6. The number of hydrogen-bond acceptors (Lipinski definition) is 6. The first kappa shape index (κ1) is 18.0. The first-order chi connectivity index (χ1) is 12.3. The van der Waals surface area contributed by atoms with E-state index in [2.05, 4.69) is 0 Å². The van der Waals surface area contributed by atoms with Crippen LogP contribution in [-0.4, -0.2) is 23.2 Å². The van der Waals surface area contributed by atoms with Gasteiger partial charge in [0, 0.05) is 19.5 Å². The summed E-state index contributed by atoms with van der Waals surface area (Å²) in [5, 5.41) is 0. The average Bonchev–Trinajstić information content (AvgIpc) is 3.21. The highest BCUT2D eigenvalue weighted by atomic mass is 32.2. The molecule has 1 amide bonds. The van der Waals surface area contributed by atoms with Crippen LogP contribution >= 0.6 is 0 Å². The second kappa shape index (κ2) is 6.83. The van der Waals surface area contributed by atoms with E-state index in [1.54, 1.807) is 19.1 Å². The lowest BCUT2D eigenvalue weighted by Crippen LogP contribution is -2.36. The first-order valence-electron chi connectivity index (χ1n) is 8.02. The lowest BCUT2D eigenvalue weighted by Gasteiger charge is -2.21. The maximum atomic E-state index is 13.0. The van der Waals surface area contributed by atoms with Crippen molar-refractivity contribution in [1.82, 2.24) is 8.87 Å². The Hall–Kier alpha value is -2.81. The standard InChI is InChI=1S/C17H18N2O6S/c1-3-5-16(20)19(11-12-6-4-9-24-12)26(22,23)13-7-8-14-15(10-13)25-17(21)18(14)2/h4,6-10H,3,5,11H2,1-2H3. The third kappa shape index (κ3) is 3.17. The third-order valence-corrected chi connectivity index (χ3v) is 5.74. The van der Waals surface area contributed by atoms with Crippen molar-refractivity contribution >= 4 is 27.0 Å². The summed E-state index contributed by atoms with van der Waals surface area (Å²) in [6, 6.07) is 7.29. The zero-order valence-electron chi connectivity index (χ0n) is 14.3. The van der Waals surface area contributed by atoms with Crippen LogP contribution in [0.3, 0.4) is 0 Å². The molecule has 26 heavy (non-hydrogen) atoms. The number of furan rings is 1. The zero-order chi connectivity index (χ0) is 18.9. The van der Waals surface area contributed by atoms with Gasteiger partial charge in [-0.3, -0.25) is 9.36 Å². The Balaban J connectivity index is 2.06. The van der Waals surface area contributed by atoms with Crippen molar-refractivity contribution in [3.63, 3.8) is 0 Å². The minimum atomic E-state index is -4.14. The summed E-state index contributed by atoms with van der Waals surface area (Å²) in [7, 11) is -2.62. The zero-order valence-corrected chi connectivity index (χ0v) is 15.2. The second-order valence-corrected chi connectivity index (χ2v) is 7.65. The van der Waals surface area contributed by atoms with Gasteiger partial charge in [-0.05, 0) is 30.7 Å². The van der Waals surface area contributed by atoms with Crippen LogP contribution in [-0.2, 0) is 28.4 Å². The minimum absolute atomic E-state index is 0.0859. The fraction of sp³-hybridized carbons (Fsp3) is 0.294. The van der Waals surface area contributed by atoms with E-state index >= 15 is 0 Å². The number of amides is 1. The van der Waals surface area contributed by atoms with Crippen LogP contribution in [0.25, 0.3) is 11.1 Å². The number of nitrogens with zero attached hydrogens (tertiary/aromatic N) is 2. The predicted molar refractivity (Wildman–Crippen MR) is 92.8 cm³/mol. The van der Waals surface area contributed by atoms with E-state index in [4.69, 9.17) is 8.83 Å². The minimum Gasteiger partial charge on any atom is -0.467 e. The number of sulfonamides is 1. The summed E-state index contributed by atoms with van der Waals surface area (Å²) in [5.74, 6) is -0.770. The topological polar surface area (TPSA) is 103 Å². The van der Waals surface area contributed by atoms with Gasteiger partial charge in [-0.2, -0.15) is 0 Å². The van der Waals surface area contributed by atoms with Crippen molar-refractivity contribution in [3.05, 3.63) is 52.9 Å². The fourth-order valence-corrected chi connectivity index (χ4v) is 4.00. The molecule has 0 aliphatic carbocycles. The molecule has 0 saturated heterocycles. The summed E-state index contributed by atoms with van der Waals surface area (Å²) in [6.45, 7) is 1.59. The number of aromatic nitrogens is 1. The normalized spacial score (nSPS) is 11.8. The summed E-state index contributed by atoms with van der Waals surface area (Å²) >= 11 is 0. The maximum absolute atomic E-state index is 13.0. The van der Waals surface area contributed by atoms with Gasteiger partial charge < -0.3 is 8.83 Å². The van der Waals surface area contributed by atoms with Crippen LogP contribution in [0.1, 0.15) is 25.5 Å². The monoisotopic (exact) mass is 378 g/mol. The fourth-order valence-electron chi connectivity index (χ4n) is 2.59. The lowest BCUT2D eigenvalue weighted by atomic mass is 10.3. The molecule has 0 radical (unpaired) electrons. The van der Waals surface area contributed by atoms with Crippen LogP contribution in [0.4, 0.5) is 0 Å². The number of benzene rings is 1. The second-order valence-electron chi connectivity index (χ2n) is 5.79. The van der Waals surface area contributed by atoms with Gasteiger partial charge in [0.15, 0.2) is 5.58 Å². The molecule has 2 aromatic heterocycles. The SMILES string of the molecule is CCCC(=O)N(Cc1ccco1)S(=O)(=O)c1ccc2c(c1)oc(=O)n2C. The highest BCUT2D eigenvalue weighted by Crippen LogP contribution is 2.24. The van der Waals surface area contributed by atoms with Crippen LogP contribution in [0.2, 0.25) is 0 Å².